The highest BCUT2D eigenvalue weighted by Crippen LogP contribution is 2.18. The molecule has 4 nitrogen and oxygen atoms in total. The lowest BCUT2D eigenvalue weighted by Gasteiger charge is -2.19. The van der Waals surface area contributed by atoms with Gasteiger partial charge in [0, 0.05) is 31.2 Å². The lowest BCUT2D eigenvalue weighted by atomic mass is 10.2. The lowest BCUT2D eigenvalue weighted by Crippen LogP contribution is -3.00. The SMILES string of the molecule is CCc1cc(C)cc[n+]1N(CC)c1cccc(NC(C)=O)c1.[Cl-]. The monoisotopic (exact) mass is 333 g/mol. The van der Waals surface area contributed by atoms with Crippen LogP contribution >= 0.6 is 0 Å². The van der Waals surface area contributed by atoms with Crippen molar-refractivity contribution < 1.29 is 21.9 Å². The number of amides is 1. The number of pyridine rings is 1. The fourth-order valence-corrected chi connectivity index (χ4v) is 2.57. The van der Waals surface area contributed by atoms with Crippen molar-refractivity contribution in [1.29, 1.82) is 0 Å². The van der Waals surface area contributed by atoms with Gasteiger partial charge in [-0.2, -0.15) is 0 Å². The van der Waals surface area contributed by atoms with Crippen LogP contribution in [0.25, 0.3) is 0 Å². The molecule has 0 saturated carbocycles. The van der Waals surface area contributed by atoms with E-state index >= 15 is 0 Å². The maximum absolute atomic E-state index is 11.2. The number of anilines is 2. The molecule has 0 unspecified atom stereocenters. The number of halogens is 1. The van der Waals surface area contributed by atoms with Crippen LogP contribution in [0.5, 0.6) is 0 Å². The van der Waals surface area contributed by atoms with Crippen molar-refractivity contribution in [3.63, 3.8) is 0 Å². The summed E-state index contributed by atoms with van der Waals surface area (Å²) in [5, 5.41) is 5.04. The zero-order valence-corrected chi connectivity index (χ0v) is 14.9. The maximum Gasteiger partial charge on any atom is 0.221 e. The van der Waals surface area contributed by atoms with Gasteiger partial charge < -0.3 is 17.7 Å². The minimum atomic E-state index is -0.0579. The smallest absolute Gasteiger partial charge is 0.221 e. The molecule has 0 aliphatic heterocycles. The molecule has 124 valence electrons. The Balaban J connectivity index is 0.00000264. The number of carbonyl (C=O) groups is 1. The Hall–Kier alpha value is -2.07. The highest BCUT2D eigenvalue weighted by Gasteiger charge is 2.19. The van der Waals surface area contributed by atoms with Crippen LogP contribution in [0.3, 0.4) is 0 Å². The highest BCUT2D eigenvalue weighted by atomic mass is 35.5. The molecule has 23 heavy (non-hydrogen) atoms. The summed E-state index contributed by atoms with van der Waals surface area (Å²) in [5.74, 6) is -0.0579. The number of benzene rings is 1. The van der Waals surface area contributed by atoms with Crippen LogP contribution < -0.4 is 27.4 Å². The third-order valence-corrected chi connectivity index (χ3v) is 3.55. The molecule has 1 N–H and O–H groups in total. The van der Waals surface area contributed by atoms with E-state index in [-0.39, 0.29) is 18.3 Å². The van der Waals surface area contributed by atoms with Gasteiger partial charge in [-0.3, -0.25) is 4.79 Å². The number of aromatic nitrogens is 1. The second-order valence-electron chi connectivity index (χ2n) is 5.34. The molecule has 1 aromatic heterocycles. The van der Waals surface area contributed by atoms with Crippen LogP contribution in [0, 0.1) is 6.92 Å². The molecule has 1 aromatic carbocycles. The number of rotatable bonds is 5. The first-order chi connectivity index (χ1) is 10.5. The molecule has 1 heterocycles. The molecule has 5 heteroatoms. The second kappa shape index (κ2) is 8.53. The molecule has 0 aliphatic rings. The molecule has 0 fully saturated rings. The van der Waals surface area contributed by atoms with Crippen LogP contribution in [0.4, 0.5) is 11.4 Å². The van der Waals surface area contributed by atoms with Crippen molar-refractivity contribution >= 4 is 17.3 Å². The van der Waals surface area contributed by atoms with Crippen molar-refractivity contribution in [2.45, 2.75) is 34.1 Å². The van der Waals surface area contributed by atoms with E-state index in [2.05, 4.69) is 60.2 Å². The number of hydrogen-bond donors (Lipinski definition) is 1. The summed E-state index contributed by atoms with van der Waals surface area (Å²) >= 11 is 0. The Kier molecular flexibility index (Phi) is 7.04. The minimum Gasteiger partial charge on any atom is -1.00 e. The van der Waals surface area contributed by atoms with Crippen LogP contribution in [0.2, 0.25) is 0 Å². The number of aryl methyl sites for hydroxylation is 2. The fourth-order valence-electron chi connectivity index (χ4n) is 2.57. The first-order valence-electron chi connectivity index (χ1n) is 7.71. The van der Waals surface area contributed by atoms with E-state index in [0.29, 0.717) is 0 Å². The zero-order chi connectivity index (χ0) is 16.1. The van der Waals surface area contributed by atoms with Gasteiger partial charge in [-0.15, -0.1) is 5.01 Å². The first-order valence-corrected chi connectivity index (χ1v) is 7.71. The molecule has 0 spiro atoms. The Morgan fingerprint density at radius 1 is 1.22 bits per heavy atom. The number of hydrogen-bond acceptors (Lipinski definition) is 2. The van der Waals surface area contributed by atoms with E-state index in [1.807, 2.05) is 18.2 Å². The molecule has 0 aliphatic carbocycles. The topological polar surface area (TPSA) is 36.2 Å². The van der Waals surface area contributed by atoms with Gasteiger partial charge in [0.05, 0.1) is 6.54 Å². The predicted molar refractivity (Wildman–Crippen MR) is 89.9 cm³/mol. The van der Waals surface area contributed by atoms with Crippen LogP contribution in [-0.2, 0) is 11.2 Å². The normalized spacial score (nSPS) is 9.91. The number of nitrogens with one attached hydrogen (secondary N) is 1. The molecular weight excluding hydrogens is 310 g/mol. The maximum atomic E-state index is 11.2. The molecular formula is C18H24ClN3O. The van der Waals surface area contributed by atoms with Gasteiger partial charge in [0.2, 0.25) is 17.8 Å². The van der Waals surface area contributed by atoms with E-state index in [4.69, 9.17) is 0 Å². The van der Waals surface area contributed by atoms with Crippen molar-refractivity contribution in [3.8, 4) is 0 Å². The largest absolute Gasteiger partial charge is 1.00 e. The van der Waals surface area contributed by atoms with Gasteiger partial charge in [0.15, 0.2) is 0 Å². The minimum absolute atomic E-state index is 0. The first kappa shape index (κ1) is 19.0. The van der Waals surface area contributed by atoms with Gasteiger partial charge in [0.1, 0.15) is 5.69 Å². The third-order valence-electron chi connectivity index (χ3n) is 3.55. The van der Waals surface area contributed by atoms with E-state index in [9.17, 15) is 4.79 Å². The van der Waals surface area contributed by atoms with E-state index in [1.54, 1.807) is 0 Å². The summed E-state index contributed by atoms with van der Waals surface area (Å²) < 4.78 is 2.18. The van der Waals surface area contributed by atoms with Crippen LogP contribution in [0.15, 0.2) is 42.6 Å². The van der Waals surface area contributed by atoms with Crippen LogP contribution in [-0.4, -0.2) is 12.5 Å². The summed E-state index contributed by atoms with van der Waals surface area (Å²) in [5.41, 5.74) is 4.38. The van der Waals surface area contributed by atoms with Crippen molar-refractivity contribution in [2.75, 3.05) is 16.9 Å². The summed E-state index contributed by atoms with van der Waals surface area (Å²) in [6.07, 6.45) is 3.06. The summed E-state index contributed by atoms with van der Waals surface area (Å²) in [6, 6.07) is 12.2. The Labute approximate surface area is 144 Å². The van der Waals surface area contributed by atoms with E-state index < -0.39 is 0 Å². The van der Waals surface area contributed by atoms with Crippen molar-refractivity contribution in [3.05, 3.63) is 53.9 Å². The number of nitrogens with zero attached hydrogens (tertiary/aromatic N) is 2. The molecule has 0 saturated heterocycles. The summed E-state index contributed by atoms with van der Waals surface area (Å²) in [7, 11) is 0. The second-order valence-corrected chi connectivity index (χ2v) is 5.34. The quantitative estimate of drug-likeness (QED) is 0.788. The Morgan fingerprint density at radius 3 is 2.57 bits per heavy atom. The predicted octanol–water partition coefficient (Wildman–Crippen LogP) is 0.0969. The van der Waals surface area contributed by atoms with Gasteiger partial charge in [-0.1, -0.05) is 17.7 Å². The third kappa shape index (κ3) is 4.70. The molecule has 2 aromatic rings. The van der Waals surface area contributed by atoms with Crippen molar-refractivity contribution in [1.82, 2.24) is 0 Å². The average Bonchev–Trinajstić information content (AvgIpc) is 2.49. The summed E-state index contributed by atoms with van der Waals surface area (Å²) in [4.78, 5) is 11.2. The highest BCUT2D eigenvalue weighted by molar-refractivity contribution is 5.89. The van der Waals surface area contributed by atoms with Gasteiger partial charge in [0.25, 0.3) is 0 Å². The van der Waals surface area contributed by atoms with Crippen molar-refractivity contribution in [2.24, 2.45) is 0 Å². The lowest BCUT2D eigenvalue weighted by molar-refractivity contribution is -0.691. The van der Waals surface area contributed by atoms with Crippen LogP contribution in [0.1, 0.15) is 32.0 Å². The molecule has 0 bridgehead atoms. The van der Waals surface area contributed by atoms with Gasteiger partial charge in [-0.05, 0) is 37.6 Å². The Bertz CT molecular complexity index is 673. The van der Waals surface area contributed by atoms with E-state index in [0.717, 1.165) is 24.3 Å². The average molecular weight is 334 g/mol. The van der Waals surface area contributed by atoms with Gasteiger partial charge >= 0.3 is 0 Å². The molecule has 0 atom stereocenters. The molecule has 0 radical (unpaired) electrons. The Morgan fingerprint density at radius 2 is 1.96 bits per heavy atom. The molecule has 2 rings (SSSR count). The standard InChI is InChI=1S/C18H23N3O.ClH/c1-5-17-12-14(3)10-11-21(17)20(6-2)18-9-7-8-16(13-18)19-15(4)22;/h7-13H,5-6H2,1-4H3;1H. The van der Waals surface area contributed by atoms with Gasteiger partial charge in [-0.25, -0.2) is 0 Å². The molecule has 1 amide bonds. The fraction of sp³-hybridized carbons (Fsp3) is 0.333. The summed E-state index contributed by atoms with van der Waals surface area (Å²) in [6.45, 7) is 8.75. The number of carbonyl (C=O) groups excluding carboxylic acids is 1. The van der Waals surface area contributed by atoms with E-state index in [1.165, 1.54) is 18.2 Å². The zero-order valence-electron chi connectivity index (χ0n) is 14.1.